The molecule has 0 atom stereocenters. The van der Waals surface area contributed by atoms with E-state index in [9.17, 15) is 10.1 Å². The largest absolute Gasteiger partial charge is 0.475 e. The summed E-state index contributed by atoms with van der Waals surface area (Å²) in [5.41, 5.74) is 0.185. The summed E-state index contributed by atoms with van der Waals surface area (Å²) in [5.74, 6) is 0.296. The highest BCUT2D eigenvalue weighted by Gasteiger charge is 2.24. The van der Waals surface area contributed by atoms with Gasteiger partial charge in [0.15, 0.2) is 0 Å². The van der Waals surface area contributed by atoms with Gasteiger partial charge in [-0.1, -0.05) is 17.7 Å². The number of nitrogens with zero attached hydrogens (tertiary/aromatic N) is 2. The quantitative estimate of drug-likeness (QED) is 0.572. The Bertz CT molecular complexity index is 445. The van der Waals surface area contributed by atoms with Crippen LogP contribution in [-0.2, 0) is 4.74 Å². The number of ether oxygens (including phenoxy) is 1. The van der Waals surface area contributed by atoms with Crippen molar-refractivity contribution in [2.75, 3.05) is 13.2 Å². The van der Waals surface area contributed by atoms with E-state index in [1.54, 1.807) is 12.1 Å². The van der Waals surface area contributed by atoms with Gasteiger partial charge >= 0.3 is 0 Å². The average molecular weight is 227 g/mol. The van der Waals surface area contributed by atoms with E-state index in [1.165, 1.54) is 6.07 Å². The van der Waals surface area contributed by atoms with E-state index >= 15 is 0 Å². The summed E-state index contributed by atoms with van der Waals surface area (Å²) in [6, 6.07) is 4.68. The van der Waals surface area contributed by atoms with Crippen molar-refractivity contribution in [3.8, 4) is 0 Å². The Hall–Kier alpha value is -1.62. The highest BCUT2D eigenvalue weighted by Crippen LogP contribution is 2.29. The first-order valence-electron chi connectivity index (χ1n) is 4.30. The van der Waals surface area contributed by atoms with E-state index < -0.39 is 4.92 Å². The Morgan fingerprint density at radius 2 is 2.33 bits per heavy atom. The molecule has 2 rings (SSSR count). The second kappa shape index (κ2) is 3.86. The Balaban J connectivity index is 2.55. The third-order valence-electron chi connectivity index (χ3n) is 1.99. The fraction of sp³-hybridized carbons (Fsp3) is 0.222. The molecule has 0 radical (unpaired) electrons. The van der Waals surface area contributed by atoms with Gasteiger partial charge in [0.2, 0.25) is 5.90 Å². The maximum absolute atomic E-state index is 10.8. The van der Waals surface area contributed by atoms with Crippen LogP contribution in [0.1, 0.15) is 5.56 Å². The lowest BCUT2D eigenvalue weighted by Crippen LogP contribution is -2.05. The number of para-hydroxylation sites is 1. The van der Waals surface area contributed by atoms with Crippen molar-refractivity contribution in [1.29, 1.82) is 0 Å². The molecule has 1 aromatic rings. The molecule has 0 fully saturated rings. The van der Waals surface area contributed by atoms with Crippen LogP contribution in [-0.4, -0.2) is 24.0 Å². The maximum atomic E-state index is 10.8. The third-order valence-corrected chi connectivity index (χ3v) is 2.29. The van der Waals surface area contributed by atoms with Crippen LogP contribution in [0.5, 0.6) is 0 Å². The molecule has 0 aromatic heterocycles. The minimum Gasteiger partial charge on any atom is -0.475 e. The molecule has 0 aliphatic carbocycles. The van der Waals surface area contributed by atoms with Crippen LogP contribution >= 0.6 is 11.6 Å². The number of benzene rings is 1. The molecule has 78 valence electrons. The lowest BCUT2D eigenvalue weighted by Gasteiger charge is -2.03. The van der Waals surface area contributed by atoms with E-state index in [0.29, 0.717) is 24.6 Å². The number of hydrogen-bond acceptors (Lipinski definition) is 4. The summed E-state index contributed by atoms with van der Waals surface area (Å²) in [6.07, 6.45) is 0. The highest BCUT2D eigenvalue weighted by atomic mass is 35.5. The summed E-state index contributed by atoms with van der Waals surface area (Å²) >= 11 is 5.75. The molecule has 0 unspecified atom stereocenters. The number of nitro benzene ring substituents is 1. The fourth-order valence-electron chi connectivity index (χ4n) is 1.37. The molecule has 0 spiro atoms. The van der Waals surface area contributed by atoms with Crippen molar-refractivity contribution in [2.24, 2.45) is 4.99 Å². The van der Waals surface area contributed by atoms with E-state index in [-0.39, 0.29) is 10.7 Å². The lowest BCUT2D eigenvalue weighted by atomic mass is 10.2. The van der Waals surface area contributed by atoms with E-state index in [0.717, 1.165) is 0 Å². The molecular formula is C9H7ClN2O3. The zero-order valence-corrected chi connectivity index (χ0v) is 8.40. The summed E-state index contributed by atoms with van der Waals surface area (Å²) in [6.45, 7) is 0.984. The average Bonchev–Trinajstić information content (AvgIpc) is 2.69. The van der Waals surface area contributed by atoms with Gasteiger partial charge in [0, 0.05) is 0 Å². The van der Waals surface area contributed by atoms with Gasteiger partial charge in [-0.2, -0.15) is 0 Å². The Labute approximate surface area is 90.5 Å². The molecule has 0 amide bonds. The van der Waals surface area contributed by atoms with Crippen LogP contribution in [0.2, 0.25) is 5.02 Å². The molecule has 1 heterocycles. The minimum absolute atomic E-state index is 0.0932. The number of hydrogen-bond donors (Lipinski definition) is 0. The SMILES string of the molecule is O=[N+]([O-])c1c(Cl)cccc1C1=NCCO1. The smallest absolute Gasteiger partial charge is 0.300 e. The third kappa shape index (κ3) is 1.78. The van der Waals surface area contributed by atoms with Gasteiger partial charge < -0.3 is 4.74 Å². The number of rotatable bonds is 2. The van der Waals surface area contributed by atoms with Gasteiger partial charge in [0.05, 0.1) is 11.5 Å². The molecule has 0 saturated carbocycles. The van der Waals surface area contributed by atoms with Crippen molar-refractivity contribution in [3.05, 3.63) is 38.9 Å². The first-order chi connectivity index (χ1) is 7.20. The van der Waals surface area contributed by atoms with Crippen LogP contribution in [0.25, 0.3) is 0 Å². The Kier molecular flexibility index (Phi) is 2.55. The van der Waals surface area contributed by atoms with Gasteiger partial charge in [-0.3, -0.25) is 10.1 Å². The summed E-state index contributed by atoms with van der Waals surface area (Å²) < 4.78 is 5.17. The molecule has 1 aliphatic rings. The standard InChI is InChI=1S/C9H7ClN2O3/c10-7-3-1-2-6(8(7)12(13)14)9-11-4-5-15-9/h1-3H,4-5H2. The number of aliphatic imine (C=N–C) groups is 1. The van der Waals surface area contributed by atoms with Gasteiger partial charge in [-0.25, -0.2) is 4.99 Å². The normalized spacial score (nSPS) is 14.6. The zero-order valence-electron chi connectivity index (χ0n) is 7.64. The summed E-state index contributed by atoms with van der Waals surface area (Å²) in [4.78, 5) is 14.3. The Morgan fingerprint density at radius 1 is 1.53 bits per heavy atom. The topological polar surface area (TPSA) is 64.7 Å². The van der Waals surface area contributed by atoms with E-state index in [4.69, 9.17) is 16.3 Å². The molecule has 0 bridgehead atoms. The molecule has 1 aliphatic heterocycles. The van der Waals surface area contributed by atoms with E-state index in [2.05, 4.69) is 4.99 Å². The van der Waals surface area contributed by atoms with Crippen LogP contribution < -0.4 is 0 Å². The van der Waals surface area contributed by atoms with Crippen LogP contribution in [0.4, 0.5) is 5.69 Å². The first kappa shape index (κ1) is 9.92. The Morgan fingerprint density at radius 3 is 2.93 bits per heavy atom. The van der Waals surface area contributed by atoms with E-state index in [1.807, 2.05) is 0 Å². The van der Waals surface area contributed by atoms with Crippen molar-refractivity contribution in [2.45, 2.75) is 0 Å². The molecule has 15 heavy (non-hydrogen) atoms. The summed E-state index contributed by atoms with van der Waals surface area (Å²) in [7, 11) is 0. The monoisotopic (exact) mass is 226 g/mol. The van der Waals surface area contributed by atoms with Gasteiger partial charge in [-0.15, -0.1) is 0 Å². The molecule has 0 saturated heterocycles. The van der Waals surface area contributed by atoms with Gasteiger partial charge in [0.1, 0.15) is 17.2 Å². The van der Waals surface area contributed by atoms with Crippen molar-refractivity contribution >= 4 is 23.2 Å². The minimum atomic E-state index is -0.526. The second-order valence-corrected chi connectivity index (χ2v) is 3.34. The van der Waals surface area contributed by atoms with Crippen molar-refractivity contribution < 1.29 is 9.66 Å². The van der Waals surface area contributed by atoms with Gasteiger partial charge in [0.25, 0.3) is 5.69 Å². The van der Waals surface area contributed by atoms with Crippen molar-refractivity contribution in [1.82, 2.24) is 0 Å². The molecular weight excluding hydrogens is 220 g/mol. The molecule has 5 nitrogen and oxygen atoms in total. The molecule has 0 N–H and O–H groups in total. The highest BCUT2D eigenvalue weighted by molar-refractivity contribution is 6.33. The van der Waals surface area contributed by atoms with Crippen LogP contribution in [0.15, 0.2) is 23.2 Å². The zero-order chi connectivity index (χ0) is 10.8. The predicted octanol–water partition coefficient (Wildman–Crippen LogP) is 2.02. The molecule has 6 heteroatoms. The summed E-state index contributed by atoms with van der Waals surface area (Å²) in [5, 5.41) is 10.9. The predicted molar refractivity (Wildman–Crippen MR) is 55.5 cm³/mol. The second-order valence-electron chi connectivity index (χ2n) is 2.93. The fourth-order valence-corrected chi connectivity index (χ4v) is 1.62. The van der Waals surface area contributed by atoms with Gasteiger partial charge in [-0.05, 0) is 12.1 Å². The van der Waals surface area contributed by atoms with Crippen LogP contribution in [0.3, 0.4) is 0 Å². The maximum Gasteiger partial charge on any atom is 0.300 e. The number of halogens is 1. The number of nitro groups is 1. The molecule has 1 aromatic carbocycles. The lowest BCUT2D eigenvalue weighted by molar-refractivity contribution is -0.384. The first-order valence-corrected chi connectivity index (χ1v) is 4.68. The van der Waals surface area contributed by atoms with Crippen LogP contribution in [0, 0.1) is 10.1 Å². The van der Waals surface area contributed by atoms with Crippen molar-refractivity contribution in [3.63, 3.8) is 0 Å².